The van der Waals surface area contributed by atoms with Gasteiger partial charge in [0, 0.05) is 11.9 Å². The number of pyridine rings is 1. The Bertz CT molecular complexity index is 1270. The van der Waals surface area contributed by atoms with Gasteiger partial charge in [-0.25, -0.2) is 4.39 Å². The lowest BCUT2D eigenvalue weighted by Gasteiger charge is -2.16. The summed E-state index contributed by atoms with van der Waals surface area (Å²) in [6.07, 6.45) is -3.36. The minimum atomic E-state index is -4.80. The van der Waals surface area contributed by atoms with Crippen LogP contribution in [-0.2, 0) is 4.79 Å². The predicted molar refractivity (Wildman–Crippen MR) is 118 cm³/mol. The number of hydrogen-bond donors (Lipinski definition) is 1. The number of hydrogen-bond acceptors (Lipinski definition) is 6. The van der Waals surface area contributed by atoms with Crippen molar-refractivity contribution in [3.05, 3.63) is 89.5 Å². The molecule has 11 heteroatoms. The van der Waals surface area contributed by atoms with E-state index < -0.39 is 23.8 Å². The van der Waals surface area contributed by atoms with Crippen LogP contribution in [0.15, 0.2) is 72.0 Å². The van der Waals surface area contributed by atoms with Crippen molar-refractivity contribution in [2.75, 3.05) is 18.4 Å². The maximum Gasteiger partial charge on any atom is 0.573 e. The van der Waals surface area contributed by atoms with Gasteiger partial charge in [-0.05, 0) is 54.1 Å². The number of rotatable bonds is 6. The summed E-state index contributed by atoms with van der Waals surface area (Å²) in [6.45, 7) is 0.162. The Kier molecular flexibility index (Phi) is 6.64. The number of nitrogens with one attached hydrogen (secondary N) is 1. The molecule has 4 rings (SSSR count). The molecule has 0 fully saturated rings. The first-order valence-corrected chi connectivity index (χ1v) is 10.3. The smallest absolute Gasteiger partial charge is 0.406 e. The summed E-state index contributed by atoms with van der Waals surface area (Å²) < 4.78 is 54.1. The molecule has 1 atom stereocenters. The number of hydrazone groups is 1. The number of carbonyl (C=O) groups excluding carboxylic acids is 1. The second-order valence-corrected chi connectivity index (χ2v) is 7.60. The number of alkyl halides is 3. The van der Waals surface area contributed by atoms with Gasteiger partial charge in [0.1, 0.15) is 24.2 Å². The van der Waals surface area contributed by atoms with Crippen LogP contribution >= 0.6 is 0 Å². The number of nitriles is 1. The third kappa shape index (κ3) is 6.11. The second-order valence-electron chi connectivity index (χ2n) is 7.60. The largest absolute Gasteiger partial charge is 0.573 e. The molecule has 3 aromatic rings. The van der Waals surface area contributed by atoms with Crippen LogP contribution in [0.1, 0.15) is 22.7 Å². The zero-order valence-corrected chi connectivity index (χ0v) is 18.0. The van der Waals surface area contributed by atoms with Crippen molar-refractivity contribution in [1.29, 1.82) is 5.26 Å². The molecule has 0 radical (unpaired) electrons. The van der Waals surface area contributed by atoms with Crippen LogP contribution in [-0.4, -0.2) is 41.1 Å². The van der Waals surface area contributed by atoms with Crippen LogP contribution in [0.5, 0.6) is 5.75 Å². The highest BCUT2D eigenvalue weighted by Gasteiger charge is 2.32. The molecule has 0 saturated carbocycles. The van der Waals surface area contributed by atoms with Gasteiger partial charge in [-0.1, -0.05) is 12.1 Å². The van der Waals surface area contributed by atoms with Crippen molar-refractivity contribution >= 4 is 17.3 Å². The summed E-state index contributed by atoms with van der Waals surface area (Å²) in [7, 11) is 0. The maximum atomic E-state index is 13.4. The number of halogens is 4. The van der Waals surface area contributed by atoms with E-state index in [9.17, 15) is 22.4 Å². The van der Waals surface area contributed by atoms with E-state index in [0.717, 1.165) is 12.1 Å². The van der Waals surface area contributed by atoms with Gasteiger partial charge in [-0.2, -0.15) is 10.4 Å². The maximum absolute atomic E-state index is 13.4. The number of benzene rings is 2. The fourth-order valence-corrected chi connectivity index (χ4v) is 3.56. The van der Waals surface area contributed by atoms with Gasteiger partial charge in [0.05, 0.1) is 29.4 Å². The Labute approximate surface area is 197 Å². The molecule has 35 heavy (non-hydrogen) atoms. The Morgan fingerprint density at radius 1 is 1.11 bits per heavy atom. The second kappa shape index (κ2) is 9.80. The number of nitrogens with zero attached hydrogens (tertiary/aromatic N) is 4. The van der Waals surface area contributed by atoms with Crippen LogP contribution in [0.25, 0.3) is 0 Å². The summed E-state index contributed by atoms with van der Waals surface area (Å²) in [5, 5.41) is 17.7. The van der Waals surface area contributed by atoms with E-state index in [1.807, 2.05) is 6.07 Å². The van der Waals surface area contributed by atoms with E-state index in [1.54, 1.807) is 24.3 Å². The van der Waals surface area contributed by atoms with E-state index in [2.05, 4.69) is 20.1 Å². The van der Waals surface area contributed by atoms with Gasteiger partial charge in [-0.15, -0.1) is 13.2 Å². The molecule has 1 amide bonds. The Morgan fingerprint density at radius 3 is 2.43 bits per heavy atom. The molecule has 0 saturated heterocycles. The molecule has 1 N–H and O–H groups in total. The highest BCUT2D eigenvalue weighted by Crippen LogP contribution is 2.28. The predicted octanol–water partition coefficient (Wildman–Crippen LogP) is 4.43. The molecule has 2 aromatic carbocycles. The van der Waals surface area contributed by atoms with Gasteiger partial charge >= 0.3 is 6.36 Å². The number of carbonyl (C=O) groups is 1. The first kappa shape index (κ1) is 23.7. The van der Waals surface area contributed by atoms with Gasteiger partial charge in [0.2, 0.25) is 5.91 Å². The third-order valence-corrected chi connectivity index (χ3v) is 5.08. The summed E-state index contributed by atoms with van der Waals surface area (Å²) >= 11 is 0. The highest BCUT2D eigenvalue weighted by molar-refractivity contribution is 6.06. The van der Waals surface area contributed by atoms with Gasteiger partial charge in [-0.3, -0.25) is 14.8 Å². The number of aromatic nitrogens is 1. The van der Waals surface area contributed by atoms with Crippen LogP contribution in [0.4, 0.5) is 23.2 Å². The molecule has 1 aliphatic heterocycles. The third-order valence-electron chi connectivity index (χ3n) is 5.08. The normalized spacial score (nSPS) is 15.3. The first-order valence-electron chi connectivity index (χ1n) is 10.3. The van der Waals surface area contributed by atoms with Crippen molar-refractivity contribution in [1.82, 2.24) is 9.99 Å². The first-order chi connectivity index (χ1) is 16.7. The van der Waals surface area contributed by atoms with E-state index >= 15 is 0 Å². The van der Waals surface area contributed by atoms with Gasteiger partial charge in [0.15, 0.2) is 0 Å². The molecule has 1 aliphatic rings. The molecule has 1 unspecified atom stereocenters. The summed E-state index contributed by atoms with van der Waals surface area (Å²) in [4.78, 5) is 16.9. The van der Waals surface area contributed by atoms with E-state index in [4.69, 9.17) is 5.26 Å². The van der Waals surface area contributed by atoms with Gasteiger partial charge in [0.25, 0.3) is 0 Å². The highest BCUT2D eigenvalue weighted by atomic mass is 19.4. The van der Waals surface area contributed by atoms with E-state index in [-0.39, 0.29) is 18.2 Å². The SMILES string of the molecule is N#Cc1ccc(C2CN(CC(=O)Nc3ccc(OC(F)(F)F)cc3)N=C2c2ccc(F)cc2)nc1. The Hall–Kier alpha value is -4.46. The quantitative estimate of drug-likeness (QED) is 0.524. The zero-order valence-electron chi connectivity index (χ0n) is 18.0. The zero-order chi connectivity index (χ0) is 25.0. The average molecular weight is 483 g/mol. The minimum Gasteiger partial charge on any atom is -0.406 e. The van der Waals surface area contributed by atoms with Crippen LogP contribution in [0.3, 0.4) is 0 Å². The van der Waals surface area contributed by atoms with Crippen LogP contribution in [0, 0.1) is 17.1 Å². The van der Waals surface area contributed by atoms with Gasteiger partial charge < -0.3 is 10.1 Å². The van der Waals surface area contributed by atoms with Crippen molar-refractivity contribution < 1.29 is 27.1 Å². The lowest BCUT2D eigenvalue weighted by molar-refractivity contribution is -0.274. The van der Waals surface area contributed by atoms with E-state index in [1.165, 1.54) is 35.5 Å². The molecular formula is C24H17F4N5O2. The molecular weight excluding hydrogens is 466 g/mol. The van der Waals surface area contributed by atoms with Crippen LogP contribution < -0.4 is 10.1 Å². The lowest BCUT2D eigenvalue weighted by atomic mass is 9.94. The Morgan fingerprint density at radius 2 is 1.83 bits per heavy atom. The summed E-state index contributed by atoms with van der Waals surface area (Å²) in [5.74, 6) is -1.57. The average Bonchev–Trinajstić information content (AvgIpc) is 3.23. The Balaban J connectivity index is 1.48. The van der Waals surface area contributed by atoms with Crippen molar-refractivity contribution in [2.45, 2.75) is 12.3 Å². The number of ether oxygens (including phenoxy) is 1. The molecule has 2 heterocycles. The lowest BCUT2D eigenvalue weighted by Crippen LogP contribution is -2.29. The molecule has 7 nitrogen and oxygen atoms in total. The summed E-state index contributed by atoms with van der Waals surface area (Å²) in [6, 6.07) is 15.9. The van der Waals surface area contributed by atoms with Crippen molar-refractivity contribution in [2.24, 2.45) is 5.10 Å². The van der Waals surface area contributed by atoms with Crippen molar-refractivity contribution in [3.63, 3.8) is 0 Å². The topological polar surface area (TPSA) is 90.6 Å². The summed E-state index contributed by atoms with van der Waals surface area (Å²) in [5.41, 5.74) is 2.57. The standard InChI is InChI=1S/C24H17F4N5O2/c25-17-4-2-16(3-5-17)23-20(21-10-1-15(11-29)12-30-21)13-33(32-23)14-22(34)31-18-6-8-19(9-7-18)35-24(26,27)28/h1-10,12,20H,13-14H2,(H,31,34). The monoisotopic (exact) mass is 483 g/mol. The molecule has 0 aliphatic carbocycles. The fraction of sp³-hybridized carbons (Fsp3) is 0.167. The molecule has 1 aromatic heterocycles. The number of amides is 1. The molecule has 0 bridgehead atoms. The fourth-order valence-electron chi connectivity index (χ4n) is 3.56. The molecule has 178 valence electrons. The molecule has 0 spiro atoms. The minimum absolute atomic E-state index is 0.141. The van der Waals surface area contributed by atoms with E-state index in [0.29, 0.717) is 29.1 Å². The van der Waals surface area contributed by atoms with Crippen molar-refractivity contribution in [3.8, 4) is 11.8 Å². The number of anilines is 1. The van der Waals surface area contributed by atoms with Crippen LogP contribution in [0.2, 0.25) is 0 Å².